The lowest BCUT2D eigenvalue weighted by Gasteiger charge is -2.35. The smallest absolute Gasteiger partial charge is 0.305 e. The molecule has 1 aliphatic rings. The number of amides is 1. The lowest BCUT2D eigenvalue weighted by atomic mass is 9.98. The standard InChI is InChI=1S/C15H27NO3/c1-2-3-4-5-6-10-14(17)16-11-8-7-9-13(16)12-15(18)19/h13H,2-12H2,1H3,(H,18,19). The fraction of sp³-hybridized carbons (Fsp3) is 0.867. The number of likely N-dealkylation sites (tertiary alicyclic amines) is 1. The lowest BCUT2D eigenvalue weighted by Crippen LogP contribution is -2.44. The number of hydrogen-bond donors (Lipinski definition) is 1. The molecule has 0 aliphatic carbocycles. The first-order valence-corrected chi connectivity index (χ1v) is 7.66. The average Bonchev–Trinajstić information content (AvgIpc) is 2.38. The summed E-state index contributed by atoms with van der Waals surface area (Å²) in [5, 5.41) is 8.90. The molecular formula is C15H27NO3. The zero-order valence-corrected chi connectivity index (χ0v) is 12.1. The van der Waals surface area contributed by atoms with Crippen LogP contribution in [0.2, 0.25) is 0 Å². The highest BCUT2D eigenvalue weighted by atomic mass is 16.4. The van der Waals surface area contributed by atoms with E-state index in [1.54, 1.807) is 0 Å². The second-order valence-electron chi connectivity index (χ2n) is 5.50. The normalized spacial score (nSPS) is 19.4. The van der Waals surface area contributed by atoms with Gasteiger partial charge in [0.25, 0.3) is 0 Å². The Hall–Kier alpha value is -1.06. The predicted octanol–water partition coefficient (Wildman–Crippen LogP) is 3.20. The zero-order chi connectivity index (χ0) is 14.1. The van der Waals surface area contributed by atoms with Crippen LogP contribution in [0.1, 0.15) is 71.1 Å². The number of rotatable bonds is 8. The number of unbranched alkanes of at least 4 members (excludes halogenated alkanes) is 4. The number of carbonyl (C=O) groups is 2. The van der Waals surface area contributed by atoms with Crippen LogP contribution in [0.4, 0.5) is 0 Å². The van der Waals surface area contributed by atoms with Crippen molar-refractivity contribution in [1.82, 2.24) is 4.90 Å². The summed E-state index contributed by atoms with van der Waals surface area (Å²) in [4.78, 5) is 24.8. The molecule has 19 heavy (non-hydrogen) atoms. The van der Waals surface area contributed by atoms with Gasteiger partial charge < -0.3 is 10.0 Å². The van der Waals surface area contributed by atoms with Crippen molar-refractivity contribution >= 4 is 11.9 Å². The number of carbonyl (C=O) groups excluding carboxylic acids is 1. The molecular weight excluding hydrogens is 242 g/mol. The van der Waals surface area contributed by atoms with Crippen molar-refractivity contribution < 1.29 is 14.7 Å². The molecule has 0 aromatic carbocycles. The summed E-state index contributed by atoms with van der Waals surface area (Å²) >= 11 is 0. The van der Waals surface area contributed by atoms with Gasteiger partial charge in [0.2, 0.25) is 5.91 Å². The number of aliphatic carboxylic acids is 1. The SMILES string of the molecule is CCCCCCCC(=O)N1CCCCC1CC(=O)O. The first-order chi connectivity index (χ1) is 9.15. The fourth-order valence-electron chi connectivity index (χ4n) is 2.77. The molecule has 1 saturated heterocycles. The number of carboxylic acid groups (broad SMARTS) is 1. The maximum atomic E-state index is 12.2. The minimum atomic E-state index is -0.798. The largest absolute Gasteiger partial charge is 0.481 e. The summed E-state index contributed by atoms with van der Waals surface area (Å²) in [5.74, 6) is -0.643. The van der Waals surface area contributed by atoms with Crippen LogP contribution in [0.5, 0.6) is 0 Å². The molecule has 0 bridgehead atoms. The fourth-order valence-corrected chi connectivity index (χ4v) is 2.77. The van der Waals surface area contributed by atoms with Crippen LogP contribution in [0.15, 0.2) is 0 Å². The first-order valence-electron chi connectivity index (χ1n) is 7.66. The third-order valence-electron chi connectivity index (χ3n) is 3.85. The van der Waals surface area contributed by atoms with E-state index in [4.69, 9.17) is 5.11 Å². The van der Waals surface area contributed by atoms with Gasteiger partial charge in [-0.1, -0.05) is 32.6 Å². The van der Waals surface area contributed by atoms with Gasteiger partial charge >= 0.3 is 5.97 Å². The first kappa shape index (κ1) is 16.0. The molecule has 0 saturated carbocycles. The minimum absolute atomic E-state index is 0.0746. The van der Waals surface area contributed by atoms with Crippen LogP contribution in [-0.2, 0) is 9.59 Å². The summed E-state index contributed by atoms with van der Waals surface area (Å²) in [6.07, 6.45) is 9.26. The highest BCUT2D eigenvalue weighted by molar-refractivity contribution is 5.77. The Balaban J connectivity index is 2.32. The molecule has 0 aromatic rings. The maximum absolute atomic E-state index is 12.2. The van der Waals surface area contributed by atoms with Crippen LogP contribution in [0.3, 0.4) is 0 Å². The topological polar surface area (TPSA) is 57.6 Å². The monoisotopic (exact) mass is 269 g/mol. The van der Waals surface area contributed by atoms with E-state index in [1.807, 2.05) is 4.90 Å². The summed E-state index contributed by atoms with van der Waals surface area (Å²) in [5.41, 5.74) is 0. The Labute approximate surface area is 116 Å². The predicted molar refractivity (Wildman–Crippen MR) is 75.0 cm³/mol. The van der Waals surface area contributed by atoms with E-state index in [0.717, 1.165) is 38.6 Å². The van der Waals surface area contributed by atoms with Crippen molar-refractivity contribution in [1.29, 1.82) is 0 Å². The van der Waals surface area contributed by atoms with E-state index in [-0.39, 0.29) is 18.4 Å². The molecule has 1 aliphatic heterocycles. The molecule has 4 heteroatoms. The number of hydrogen-bond acceptors (Lipinski definition) is 2. The van der Waals surface area contributed by atoms with Crippen molar-refractivity contribution in [3.63, 3.8) is 0 Å². The molecule has 0 radical (unpaired) electrons. The Morgan fingerprint density at radius 2 is 1.89 bits per heavy atom. The lowest BCUT2D eigenvalue weighted by molar-refractivity contribution is -0.142. The van der Waals surface area contributed by atoms with E-state index in [9.17, 15) is 9.59 Å². The van der Waals surface area contributed by atoms with Gasteiger partial charge in [0.05, 0.1) is 6.42 Å². The molecule has 1 rings (SSSR count). The van der Waals surface area contributed by atoms with Crippen molar-refractivity contribution in [3.05, 3.63) is 0 Å². The third-order valence-corrected chi connectivity index (χ3v) is 3.85. The van der Waals surface area contributed by atoms with Gasteiger partial charge in [-0.15, -0.1) is 0 Å². The van der Waals surface area contributed by atoms with Gasteiger partial charge in [0.1, 0.15) is 0 Å². The van der Waals surface area contributed by atoms with E-state index in [2.05, 4.69) is 6.92 Å². The van der Waals surface area contributed by atoms with E-state index in [1.165, 1.54) is 19.3 Å². The summed E-state index contributed by atoms with van der Waals surface area (Å²) in [6, 6.07) is -0.0746. The van der Waals surface area contributed by atoms with Gasteiger partial charge in [-0.25, -0.2) is 0 Å². The number of nitrogens with zero attached hydrogens (tertiary/aromatic N) is 1. The van der Waals surface area contributed by atoms with Gasteiger partial charge in [-0.3, -0.25) is 9.59 Å². The van der Waals surface area contributed by atoms with Gasteiger partial charge in [-0.05, 0) is 25.7 Å². The molecule has 1 N–H and O–H groups in total. The maximum Gasteiger partial charge on any atom is 0.305 e. The Kier molecular flexibility index (Phi) is 7.53. The molecule has 0 aromatic heterocycles. The molecule has 1 fully saturated rings. The van der Waals surface area contributed by atoms with Crippen LogP contribution in [0, 0.1) is 0 Å². The molecule has 0 spiro atoms. The van der Waals surface area contributed by atoms with Crippen LogP contribution >= 0.6 is 0 Å². The Morgan fingerprint density at radius 3 is 2.58 bits per heavy atom. The second kappa shape index (κ2) is 8.94. The highest BCUT2D eigenvalue weighted by Crippen LogP contribution is 2.21. The third kappa shape index (κ3) is 6.08. The van der Waals surface area contributed by atoms with Gasteiger partial charge in [-0.2, -0.15) is 0 Å². The number of piperidine rings is 1. The van der Waals surface area contributed by atoms with Crippen LogP contribution in [0.25, 0.3) is 0 Å². The van der Waals surface area contributed by atoms with E-state index in [0.29, 0.717) is 6.42 Å². The van der Waals surface area contributed by atoms with Crippen molar-refractivity contribution in [3.8, 4) is 0 Å². The van der Waals surface area contributed by atoms with Crippen molar-refractivity contribution in [2.45, 2.75) is 77.2 Å². The van der Waals surface area contributed by atoms with Gasteiger partial charge in [0.15, 0.2) is 0 Å². The van der Waals surface area contributed by atoms with E-state index < -0.39 is 5.97 Å². The molecule has 1 atom stereocenters. The minimum Gasteiger partial charge on any atom is -0.481 e. The van der Waals surface area contributed by atoms with E-state index >= 15 is 0 Å². The van der Waals surface area contributed by atoms with Crippen molar-refractivity contribution in [2.24, 2.45) is 0 Å². The summed E-state index contributed by atoms with van der Waals surface area (Å²) in [7, 11) is 0. The van der Waals surface area contributed by atoms with Crippen LogP contribution < -0.4 is 0 Å². The molecule has 1 unspecified atom stereocenters. The van der Waals surface area contributed by atoms with Gasteiger partial charge in [0, 0.05) is 19.0 Å². The molecule has 4 nitrogen and oxygen atoms in total. The molecule has 1 heterocycles. The zero-order valence-electron chi connectivity index (χ0n) is 12.1. The van der Waals surface area contributed by atoms with Crippen LogP contribution in [-0.4, -0.2) is 34.5 Å². The number of carboxylic acids is 1. The molecule has 110 valence electrons. The highest BCUT2D eigenvalue weighted by Gasteiger charge is 2.27. The molecule has 1 amide bonds. The average molecular weight is 269 g/mol. The summed E-state index contributed by atoms with van der Waals surface area (Å²) < 4.78 is 0. The second-order valence-corrected chi connectivity index (χ2v) is 5.50. The van der Waals surface area contributed by atoms with Crippen molar-refractivity contribution in [2.75, 3.05) is 6.54 Å². The summed E-state index contributed by atoms with van der Waals surface area (Å²) in [6.45, 7) is 2.92. The quantitative estimate of drug-likeness (QED) is 0.688. The Morgan fingerprint density at radius 1 is 1.16 bits per heavy atom. The Bertz CT molecular complexity index is 291.